The molecule has 1 aromatic carbocycles. The molecule has 1 rings (SSSR count). The van der Waals surface area contributed by atoms with Crippen molar-refractivity contribution < 1.29 is 5.11 Å². The van der Waals surface area contributed by atoms with Crippen LogP contribution in [0.15, 0.2) is 12.1 Å². The molecule has 0 fully saturated rings. The number of rotatable bonds is 4. The fourth-order valence-electron chi connectivity index (χ4n) is 1.79. The molecule has 0 spiro atoms. The summed E-state index contributed by atoms with van der Waals surface area (Å²) < 4.78 is 0. The molecular formula is C13H21NO. The molecule has 0 saturated carbocycles. The van der Waals surface area contributed by atoms with E-state index in [-0.39, 0.29) is 0 Å². The van der Waals surface area contributed by atoms with E-state index in [2.05, 4.69) is 31.1 Å². The lowest BCUT2D eigenvalue weighted by atomic mass is 10.0. The van der Waals surface area contributed by atoms with Crippen LogP contribution in [0.25, 0.3) is 0 Å². The van der Waals surface area contributed by atoms with Gasteiger partial charge >= 0.3 is 0 Å². The van der Waals surface area contributed by atoms with Gasteiger partial charge in [-0.3, -0.25) is 0 Å². The number of phenolic OH excluding ortho intramolecular Hbond substituents is 1. The van der Waals surface area contributed by atoms with E-state index in [9.17, 15) is 5.11 Å². The standard InChI is InChI=1S/C13H21NO/c1-10-8-12(6-5-7-14(3)4)9-11(2)13(10)15/h8-9,15H,5-7H2,1-4H3. The molecule has 0 aliphatic heterocycles. The molecule has 0 aliphatic rings. The zero-order valence-electron chi connectivity index (χ0n) is 10.2. The van der Waals surface area contributed by atoms with Crippen molar-refractivity contribution >= 4 is 0 Å². The fraction of sp³-hybridized carbons (Fsp3) is 0.538. The van der Waals surface area contributed by atoms with Crippen molar-refractivity contribution in [2.45, 2.75) is 26.7 Å². The molecule has 0 atom stereocenters. The van der Waals surface area contributed by atoms with Crippen LogP contribution >= 0.6 is 0 Å². The van der Waals surface area contributed by atoms with Crippen molar-refractivity contribution in [1.82, 2.24) is 4.90 Å². The molecular weight excluding hydrogens is 186 g/mol. The number of phenols is 1. The Balaban J connectivity index is 2.63. The Bertz CT molecular complexity index is 308. The first-order valence-electron chi connectivity index (χ1n) is 5.44. The largest absolute Gasteiger partial charge is 0.507 e. The van der Waals surface area contributed by atoms with Crippen LogP contribution in [0, 0.1) is 13.8 Å². The summed E-state index contributed by atoms with van der Waals surface area (Å²) in [5.74, 6) is 0.436. The molecule has 0 heterocycles. The Kier molecular flexibility index (Phi) is 4.15. The number of hydrogen-bond donors (Lipinski definition) is 1. The summed E-state index contributed by atoms with van der Waals surface area (Å²) in [6.07, 6.45) is 2.25. The molecule has 0 saturated heterocycles. The molecule has 2 heteroatoms. The van der Waals surface area contributed by atoms with Crippen LogP contribution in [0.2, 0.25) is 0 Å². The second-order valence-corrected chi connectivity index (χ2v) is 4.49. The van der Waals surface area contributed by atoms with Gasteiger partial charge in [-0.1, -0.05) is 12.1 Å². The average molecular weight is 207 g/mol. The van der Waals surface area contributed by atoms with Crippen molar-refractivity contribution in [2.75, 3.05) is 20.6 Å². The molecule has 0 amide bonds. The second kappa shape index (κ2) is 5.17. The lowest BCUT2D eigenvalue weighted by molar-refractivity contribution is 0.400. The van der Waals surface area contributed by atoms with Crippen molar-refractivity contribution in [2.24, 2.45) is 0 Å². The summed E-state index contributed by atoms with van der Waals surface area (Å²) in [5.41, 5.74) is 3.29. The van der Waals surface area contributed by atoms with Gasteiger partial charge in [0.2, 0.25) is 0 Å². The van der Waals surface area contributed by atoms with Crippen LogP contribution < -0.4 is 0 Å². The molecule has 0 unspecified atom stereocenters. The first-order chi connectivity index (χ1) is 7.00. The highest BCUT2D eigenvalue weighted by atomic mass is 16.3. The second-order valence-electron chi connectivity index (χ2n) is 4.49. The van der Waals surface area contributed by atoms with Crippen LogP contribution in [-0.2, 0) is 6.42 Å². The first-order valence-corrected chi connectivity index (χ1v) is 5.44. The minimum absolute atomic E-state index is 0.436. The van der Waals surface area contributed by atoms with Gasteiger partial charge in [-0.05, 0) is 64.0 Å². The zero-order chi connectivity index (χ0) is 11.4. The summed E-state index contributed by atoms with van der Waals surface area (Å²) in [5, 5.41) is 9.64. The third-order valence-corrected chi connectivity index (χ3v) is 2.62. The summed E-state index contributed by atoms with van der Waals surface area (Å²) in [6, 6.07) is 4.16. The van der Waals surface area contributed by atoms with E-state index in [1.54, 1.807) is 0 Å². The van der Waals surface area contributed by atoms with Crippen molar-refractivity contribution in [3.8, 4) is 5.75 Å². The maximum Gasteiger partial charge on any atom is 0.121 e. The van der Waals surface area contributed by atoms with E-state index in [0.717, 1.165) is 30.5 Å². The molecule has 0 aliphatic carbocycles. The highest BCUT2D eigenvalue weighted by molar-refractivity contribution is 5.42. The minimum Gasteiger partial charge on any atom is -0.507 e. The number of aromatic hydroxyl groups is 1. The molecule has 15 heavy (non-hydrogen) atoms. The Labute approximate surface area is 92.5 Å². The number of benzene rings is 1. The van der Waals surface area contributed by atoms with Gasteiger partial charge in [0.05, 0.1) is 0 Å². The summed E-state index contributed by atoms with van der Waals surface area (Å²) in [6.45, 7) is 5.02. The van der Waals surface area contributed by atoms with E-state index in [1.807, 2.05) is 13.8 Å². The SMILES string of the molecule is Cc1cc(CCCN(C)C)cc(C)c1O. The quantitative estimate of drug-likeness (QED) is 0.820. The molecule has 1 aromatic rings. The minimum atomic E-state index is 0.436. The van der Waals surface area contributed by atoms with Crippen LogP contribution in [0.3, 0.4) is 0 Å². The topological polar surface area (TPSA) is 23.5 Å². The summed E-state index contributed by atoms with van der Waals surface area (Å²) in [7, 11) is 4.18. The summed E-state index contributed by atoms with van der Waals surface area (Å²) in [4.78, 5) is 2.19. The number of nitrogens with zero attached hydrogens (tertiary/aromatic N) is 1. The van der Waals surface area contributed by atoms with Crippen molar-refractivity contribution in [1.29, 1.82) is 0 Å². The fourth-order valence-corrected chi connectivity index (χ4v) is 1.79. The summed E-state index contributed by atoms with van der Waals surface area (Å²) >= 11 is 0. The van der Waals surface area contributed by atoms with E-state index >= 15 is 0 Å². The van der Waals surface area contributed by atoms with Crippen molar-refractivity contribution in [3.05, 3.63) is 28.8 Å². The highest BCUT2D eigenvalue weighted by Crippen LogP contribution is 2.23. The molecule has 0 radical (unpaired) electrons. The zero-order valence-corrected chi connectivity index (χ0v) is 10.2. The van der Waals surface area contributed by atoms with Gasteiger partial charge in [-0.15, -0.1) is 0 Å². The van der Waals surface area contributed by atoms with Gasteiger partial charge in [0.25, 0.3) is 0 Å². The smallest absolute Gasteiger partial charge is 0.121 e. The molecule has 1 N–H and O–H groups in total. The number of hydrogen-bond acceptors (Lipinski definition) is 2. The maximum absolute atomic E-state index is 9.64. The third kappa shape index (κ3) is 3.56. The molecule has 84 valence electrons. The van der Waals surface area contributed by atoms with E-state index in [0.29, 0.717) is 5.75 Å². The molecule has 2 nitrogen and oxygen atoms in total. The highest BCUT2D eigenvalue weighted by Gasteiger charge is 2.03. The van der Waals surface area contributed by atoms with Crippen LogP contribution in [0.4, 0.5) is 0 Å². The predicted octanol–water partition coefficient (Wildman–Crippen LogP) is 2.50. The van der Waals surface area contributed by atoms with Gasteiger partial charge < -0.3 is 10.0 Å². The molecule has 0 bridgehead atoms. The van der Waals surface area contributed by atoms with Gasteiger partial charge in [0.1, 0.15) is 5.75 Å². The third-order valence-electron chi connectivity index (χ3n) is 2.62. The Morgan fingerprint density at radius 2 is 1.67 bits per heavy atom. The van der Waals surface area contributed by atoms with Gasteiger partial charge in [-0.25, -0.2) is 0 Å². The lowest BCUT2D eigenvalue weighted by Crippen LogP contribution is -2.13. The monoisotopic (exact) mass is 207 g/mol. The van der Waals surface area contributed by atoms with Crippen molar-refractivity contribution in [3.63, 3.8) is 0 Å². The van der Waals surface area contributed by atoms with Gasteiger partial charge in [0, 0.05) is 0 Å². The van der Waals surface area contributed by atoms with E-state index in [1.165, 1.54) is 5.56 Å². The Morgan fingerprint density at radius 3 is 2.13 bits per heavy atom. The Hall–Kier alpha value is -1.02. The first kappa shape index (κ1) is 12.1. The van der Waals surface area contributed by atoms with E-state index < -0.39 is 0 Å². The number of aryl methyl sites for hydroxylation is 3. The van der Waals surface area contributed by atoms with Gasteiger partial charge in [-0.2, -0.15) is 0 Å². The van der Waals surface area contributed by atoms with Gasteiger partial charge in [0.15, 0.2) is 0 Å². The normalized spacial score (nSPS) is 11.0. The maximum atomic E-state index is 9.64. The Morgan fingerprint density at radius 1 is 1.13 bits per heavy atom. The predicted molar refractivity (Wildman–Crippen MR) is 64.5 cm³/mol. The average Bonchev–Trinajstić information content (AvgIpc) is 2.13. The lowest BCUT2D eigenvalue weighted by Gasteiger charge is -2.10. The molecule has 0 aromatic heterocycles. The van der Waals surface area contributed by atoms with Crippen LogP contribution in [-0.4, -0.2) is 30.6 Å². The van der Waals surface area contributed by atoms with Crippen LogP contribution in [0.1, 0.15) is 23.1 Å². The van der Waals surface area contributed by atoms with E-state index in [4.69, 9.17) is 0 Å². The van der Waals surface area contributed by atoms with Crippen LogP contribution in [0.5, 0.6) is 5.75 Å².